The highest BCUT2D eigenvalue weighted by molar-refractivity contribution is 8.00. The van der Waals surface area contributed by atoms with Gasteiger partial charge in [0.05, 0.1) is 10.6 Å². The Kier molecular flexibility index (Phi) is 3.29. The first-order valence-electron chi connectivity index (χ1n) is 3.56. The van der Waals surface area contributed by atoms with Crippen LogP contribution in [-0.2, 0) is 4.79 Å². The van der Waals surface area contributed by atoms with Gasteiger partial charge in [0.1, 0.15) is 10.4 Å². The van der Waals surface area contributed by atoms with Crippen molar-refractivity contribution < 1.29 is 9.90 Å². The van der Waals surface area contributed by atoms with Crippen LogP contribution in [0.25, 0.3) is 0 Å². The van der Waals surface area contributed by atoms with Gasteiger partial charge in [0.15, 0.2) is 0 Å². The number of hydrogen-bond acceptors (Lipinski definition) is 5. The highest BCUT2D eigenvalue weighted by atomic mass is 32.2. The number of thiazole rings is 1. The van der Waals surface area contributed by atoms with Crippen molar-refractivity contribution in [3.05, 3.63) is 10.6 Å². The van der Waals surface area contributed by atoms with Gasteiger partial charge in [0, 0.05) is 0 Å². The Bertz CT molecular complexity index is 324. The van der Waals surface area contributed by atoms with E-state index in [2.05, 4.69) is 4.98 Å². The van der Waals surface area contributed by atoms with Crippen LogP contribution in [0.5, 0.6) is 0 Å². The van der Waals surface area contributed by atoms with E-state index in [0.717, 1.165) is 4.34 Å². The summed E-state index contributed by atoms with van der Waals surface area (Å²) in [4.78, 5) is 15.4. The summed E-state index contributed by atoms with van der Waals surface area (Å²) in [6, 6.07) is -0.946. The van der Waals surface area contributed by atoms with E-state index in [1.54, 1.807) is 6.92 Å². The third-order valence-electron chi connectivity index (χ3n) is 1.54. The van der Waals surface area contributed by atoms with Crippen molar-refractivity contribution in [1.82, 2.24) is 4.98 Å². The smallest absolute Gasteiger partial charge is 0.326 e. The fourth-order valence-corrected chi connectivity index (χ4v) is 2.49. The van der Waals surface area contributed by atoms with Crippen LogP contribution in [0.15, 0.2) is 4.34 Å². The van der Waals surface area contributed by atoms with Crippen LogP contribution < -0.4 is 5.73 Å². The van der Waals surface area contributed by atoms with Gasteiger partial charge < -0.3 is 10.8 Å². The molecule has 0 aliphatic heterocycles. The Hall–Kier alpha value is -0.590. The molecule has 0 fully saturated rings. The summed E-state index contributed by atoms with van der Waals surface area (Å²) in [5, 5.41) is 8.69. The molecule has 3 N–H and O–H groups in total. The number of rotatable bonds is 3. The topological polar surface area (TPSA) is 76.2 Å². The Morgan fingerprint density at radius 1 is 1.77 bits per heavy atom. The van der Waals surface area contributed by atoms with Gasteiger partial charge in [0.25, 0.3) is 0 Å². The van der Waals surface area contributed by atoms with Crippen molar-refractivity contribution in [2.75, 3.05) is 6.26 Å². The molecule has 0 radical (unpaired) electrons. The number of aliphatic carboxylic acids is 1. The second kappa shape index (κ2) is 4.08. The quantitative estimate of drug-likeness (QED) is 0.747. The fourth-order valence-electron chi connectivity index (χ4n) is 0.871. The molecule has 0 amide bonds. The highest BCUT2D eigenvalue weighted by Gasteiger charge is 2.20. The van der Waals surface area contributed by atoms with Crippen molar-refractivity contribution >= 4 is 29.1 Å². The van der Waals surface area contributed by atoms with Gasteiger partial charge in [-0.3, -0.25) is 4.79 Å². The zero-order valence-electron chi connectivity index (χ0n) is 7.27. The van der Waals surface area contributed by atoms with Crippen LogP contribution in [0.3, 0.4) is 0 Å². The molecule has 0 saturated carbocycles. The molecule has 0 saturated heterocycles. The highest BCUT2D eigenvalue weighted by Crippen LogP contribution is 2.28. The van der Waals surface area contributed by atoms with Crippen LogP contribution in [0, 0.1) is 6.92 Å². The molecule has 0 aromatic carbocycles. The molecule has 4 nitrogen and oxygen atoms in total. The summed E-state index contributed by atoms with van der Waals surface area (Å²) in [5.41, 5.74) is 6.18. The molecule has 1 heterocycles. The molecule has 0 bridgehead atoms. The number of carbonyl (C=O) groups is 1. The summed E-state index contributed by atoms with van der Waals surface area (Å²) < 4.78 is 0.851. The van der Waals surface area contributed by atoms with Crippen LogP contribution in [0.2, 0.25) is 0 Å². The number of nitrogens with two attached hydrogens (primary N) is 1. The second-order valence-corrected chi connectivity index (χ2v) is 4.53. The predicted molar refractivity (Wildman–Crippen MR) is 53.2 cm³/mol. The lowest BCUT2D eigenvalue weighted by Gasteiger charge is -2.02. The van der Waals surface area contributed by atoms with Gasteiger partial charge in [-0.05, 0) is 13.2 Å². The zero-order valence-corrected chi connectivity index (χ0v) is 8.91. The first-order valence-corrected chi connectivity index (χ1v) is 5.60. The zero-order chi connectivity index (χ0) is 10.0. The van der Waals surface area contributed by atoms with Crippen molar-refractivity contribution in [1.29, 1.82) is 0 Å². The molecule has 1 atom stereocenters. The molecule has 0 spiro atoms. The van der Waals surface area contributed by atoms with Crippen molar-refractivity contribution in [2.24, 2.45) is 5.73 Å². The average molecular weight is 218 g/mol. The Labute approximate surface area is 84.2 Å². The maximum atomic E-state index is 10.6. The Morgan fingerprint density at radius 2 is 2.38 bits per heavy atom. The van der Waals surface area contributed by atoms with Crippen molar-refractivity contribution in [3.8, 4) is 0 Å². The maximum Gasteiger partial charge on any atom is 0.326 e. The molecular formula is C7H10N2O2S2. The summed E-state index contributed by atoms with van der Waals surface area (Å²) in [7, 11) is 0. The Balaban J connectivity index is 3.00. The van der Waals surface area contributed by atoms with Crippen LogP contribution >= 0.6 is 23.1 Å². The largest absolute Gasteiger partial charge is 0.480 e. The molecule has 1 rings (SSSR count). The average Bonchev–Trinajstić information content (AvgIpc) is 2.45. The van der Waals surface area contributed by atoms with Gasteiger partial charge >= 0.3 is 5.97 Å². The number of carboxylic acids is 1. The van der Waals surface area contributed by atoms with E-state index in [-0.39, 0.29) is 0 Å². The van der Waals surface area contributed by atoms with Crippen LogP contribution in [-0.4, -0.2) is 22.3 Å². The molecule has 1 unspecified atom stereocenters. The third kappa shape index (κ3) is 2.20. The van der Waals surface area contributed by atoms with E-state index in [1.807, 2.05) is 6.26 Å². The lowest BCUT2D eigenvalue weighted by molar-refractivity contribution is -0.138. The predicted octanol–water partition coefficient (Wildman–Crippen LogP) is 1.26. The van der Waals surface area contributed by atoms with Crippen LogP contribution in [0.4, 0.5) is 0 Å². The molecule has 1 aromatic heterocycles. The van der Waals surface area contributed by atoms with Gasteiger partial charge in [-0.1, -0.05) is 11.8 Å². The lowest BCUT2D eigenvalue weighted by atomic mass is 10.2. The minimum atomic E-state index is -1.01. The fraction of sp³-hybridized carbons (Fsp3) is 0.429. The number of hydrogen-bond donors (Lipinski definition) is 2. The lowest BCUT2D eigenvalue weighted by Crippen LogP contribution is -2.20. The van der Waals surface area contributed by atoms with Crippen LogP contribution in [0.1, 0.15) is 16.6 Å². The number of thioether (sulfide) groups is 1. The normalized spacial score (nSPS) is 12.8. The summed E-state index contributed by atoms with van der Waals surface area (Å²) in [6.45, 7) is 1.77. The van der Waals surface area contributed by atoms with Gasteiger partial charge in [-0.25, -0.2) is 4.98 Å². The van der Waals surface area contributed by atoms with E-state index in [0.29, 0.717) is 10.6 Å². The van der Waals surface area contributed by atoms with E-state index < -0.39 is 12.0 Å². The number of aryl methyl sites for hydroxylation is 1. The van der Waals surface area contributed by atoms with Gasteiger partial charge in [-0.2, -0.15) is 0 Å². The van der Waals surface area contributed by atoms with E-state index >= 15 is 0 Å². The monoisotopic (exact) mass is 218 g/mol. The molecule has 0 aliphatic rings. The number of carboxylic acid groups (broad SMARTS) is 1. The minimum Gasteiger partial charge on any atom is -0.480 e. The minimum absolute atomic E-state index is 0.636. The standard InChI is InChI=1S/C7H10N2O2S2/c1-3-5(4(8)6(10)11)13-7(9-3)12-2/h4H,8H2,1-2H3,(H,10,11). The molecule has 0 aliphatic carbocycles. The maximum absolute atomic E-state index is 10.6. The molecule has 1 aromatic rings. The molecule has 6 heteroatoms. The summed E-state index contributed by atoms with van der Waals surface area (Å²) >= 11 is 2.83. The third-order valence-corrected chi connectivity index (χ3v) is 3.76. The molecule has 13 heavy (non-hydrogen) atoms. The van der Waals surface area contributed by atoms with E-state index in [1.165, 1.54) is 23.1 Å². The van der Waals surface area contributed by atoms with Gasteiger partial charge in [0.2, 0.25) is 0 Å². The van der Waals surface area contributed by atoms with Gasteiger partial charge in [-0.15, -0.1) is 11.3 Å². The molecule has 72 valence electrons. The van der Waals surface area contributed by atoms with Crippen molar-refractivity contribution in [3.63, 3.8) is 0 Å². The van der Waals surface area contributed by atoms with E-state index in [4.69, 9.17) is 10.8 Å². The van der Waals surface area contributed by atoms with Crippen molar-refractivity contribution in [2.45, 2.75) is 17.3 Å². The Morgan fingerprint density at radius 3 is 2.77 bits per heavy atom. The number of nitrogens with zero attached hydrogens (tertiary/aromatic N) is 1. The summed E-state index contributed by atoms with van der Waals surface area (Å²) in [5.74, 6) is -1.01. The summed E-state index contributed by atoms with van der Waals surface area (Å²) in [6.07, 6.45) is 1.90. The first kappa shape index (κ1) is 10.5. The SMILES string of the molecule is CSc1nc(C)c(C(N)C(=O)O)s1. The molecular weight excluding hydrogens is 208 g/mol. The second-order valence-electron chi connectivity index (χ2n) is 2.45. The van der Waals surface area contributed by atoms with E-state index in [9.17, 15) is 4.79 Å². The first-order chi connectivity index (χ1) is 6.06. The number of aromatic nitrogens is 1.